The van der Waals surface area contributed by atoms with Crippen molar-refractivity contribution in [1.29, 1.82) is 0 Å². The maximum absolute atomic E-state index is 10.1. The Morgan fingerprint density at radius 2 is 2.00 bits per heavy atom. The number of ether oxygens (including phenoxy) is 1. The molecule has 0 amide bonds. The summed E-state index contributed by atoms with van der Waals surface area (Å²) in [7, 11) is 2.13. The Morgan fingerprint density at radius 3 is 2.71 bits per heavy atom. The lowest BCUT2D eigenvalue weighted by molar-refractivity contribution is 0.0875. The second-order valence-corrected chi connectivity index (χ2v) is 8.95. The van der Waals surface area contributed by atoms with Gasteiger partial charge >= 0.3 is 0 Å². The van der Waals surface area contributed by atoms with Crippen molar-refractivity contribution in [2.75, 3.05) is 62.0 Å². The van der Waals surface area contributed by atoms with Crippen LogP contribution in [0.4, 0.5) is 23.4 Å². The van der Waals surface area contributed by atoms with Crippen molar-refractivity contribution in [2.24, 2.45) is 0 Å². The molecule has 0 radical (unpaired) electrons. The number of hydrogen-bond acceptors (Lipinski definition) is 11. The summed E-state index contributed by atoms with van der Waals surface area (Å²) in [5.41, 5.74) is 1.25. The average molecular weight is 466 g/mol. The first-order valence-corrected chi connectivity index (χ1v) is 11.8. The maximum Gasteiger partial charge on any atom is 0.229 e. The van der Waals surface area contributed by atoms with Gasteiger partial charge in [-0.2, -0.15) is 0 Å². The second kappa shape index (κ2) is 10.00. The van der Waals surface area contributed by atoms with Gasteiger partial charge in [0, 0.05) is 44.4 Å². The van der Waals surface area contributed by atoms with Crippen LogP contribution >= 0.6 is 0 Å². The SMILES string of the molecule is C[C@@H](O)c1cc2cnc(Nc3ccc(N4CCN(C)CC4)nn3)nc2c(N[C@H]2CCCOC2)n1. The van der Waals surface area contributed by atoms with Gasteiger partial charge in [0.2, 0.25) is 5.95 Å². The molecule has 2 aliphatic rings. The van der Waals surface area contributed by atoms with Crippen LogP contribution in [0.5, 0.6) is 0 Å². The molecule has 11 heteroatoms. The van der Waals surface area contributed by atoms with Gasteiger partial charge in [0.05, 0.1) is 24.4 Å². The molecule has 5 rings (SSSR count). The number of anilines is 4. The minimum absolute atomic E-state index is 0.146. The molecular formula is C23H31N9O2. The smallest absolute Gasteiger partial charge is 0.229 e. The number of rotatable bonds is 6. The molecule has 0 aliphatic carbocycles. The Bertz CT molecular complexity index is 1110. The molecule has 11 nitrogen and oxygen atoms in total. The van der Waals surface area contributed by atoms with Gasteiger partial charge in [0.25, 0.3) is 0 Å². The fourth-order valence-corrected chi connectivity index (χ4v) is 4.19. The van der Waals surface area contributed by atoms with E-state index in [2.05, 4.69) is 47.6 Å². The molecule has 2 saturated heterocycles. The average Bonchev–Trinajstić information content (AvgIpc) is 2.86. The molecule has 0 bridgehead atoms. The zero-order valence-electron chi connectivity index (χ0n) is 19.6. The van der Waals surface area contributed by atoms with E-state index in [0.29, 0.717) is 35.4 Å². The Labute approximate surface area is 198 Å². The third-order valence-corrected chi connectivity index (χ3v) is 6.23. The topological polar surface area (TPSA) is 124 Å². The molecule has 0 unspecified atom stereocenters. The highest BCUT2D eigenvalue weighted by molar-refractivity contribution is 5.89. The predicted molar refractivity (Wildman–Crippen MR) is 130 cm³/mol. The molecule has 34 heavy (non-hydrogen) atoms. The van der Waals surface area contributed by atoms with Crippen molar-refractivity contribution in [3.8, 4) is 0 Å². The highest BCUT2D eigenvalue weighted by Gasteiger charge is 2.19. The van der Waals surface area contributed by atoms with Gasteiger partial charge in [0.15, 0.2) is 17.5 Å². The predicted octanol–water partition coefficient (Wildman–Crippen LogP) is 1.95. The molecule has 2 aliphatic heterocycles. The largest absolute Gasteiger partial charge is 0.387 e. The number of likely N-dealkylation sites (N-methyl/N-ethyl adjacent to an activating group) is 1. The zero-order valence-corrected chi connectivity index (χ0v) is 19.6. The van der Waals surface area contributed by atoms with E-state index in [1.54, 1.807) is 13.1 Å². The summed E-state index contributed by atoms with van der Waals surface area (Å²) in [4.78, 5) is 18.3. The van der Waals surface area contributed by atoms with Crippen molar-refractivity contribution in [3.63, 3.8) is 0 Å². The van der Waals surface area contributed by atoms with Gasteiger partial charge in [-0.3, -0.25) is 0 Å². The summed E-state index contributed by atoms with van der Waals surface area (Å²) >= 11 is 0. The number of fused-ring (bicyclic) bond motifs is 1. The van der Waals surface area contributed by atoms with Crippen molar-refractivity contribution in [3.05, 3.63) is 30.1 Å². The van der Waals surface area contributed by atoms with Crippen LogP contribution in [0, 0.1) is 0 Å². The summed E-state index contributed by atoms with van der Waals surface area (Å²) in [6, 6.07) is 5.82. The Kier molecular flexibility index (Phi) is 6.66. The second-order valence-electron chi connectivity index (χ2n) is 8.95. The first-order valence-electron chi connectivity index (χ1n) is 11.8. The van der Waals surface area contributed by atoms with E-state index in [0.717, 1.165) is 56.8 Å². The number of pyridine rings is 1. The van der Waals surface area contributed by atoms with E-state index in [1.165, 1.54) is 0 Å². The van der Waals surface area contributed by atoms with Gasteiger partial charge in [-0.25, -0.2) is 15.0 Å². The van der Waals surface area contributed by atoms with Gasteiger partial charge in [-0.15, -0.1) is 10.2 Å². The number of hydrogen-bond donors (Lipinski definition) is 3. The van der Waals surface area contributed by atoms with Crippen LogP contribution in [0.1, 0.15) is 31.6 Å². The van der Waals surface area contributed by atoms with Gasteiger partial charge in [0.1, 0.15) is 5.52 Å². The summed E-state index contributed by atoms with van der Waals surface area (Å²) in [5.74, 6) is 2.46. The fraction of sp³-hybridized carbons (Fsp3) is 0.522. The zero-order chi connectivity index (χ0) is 23.5. The van der Waals surface area contributed by atoms with E-state index >= 15 is 0 Å². The monoisotopic (exact) mass is 465 g/mol. The first kappa shape index (κ1) is 22.6. The Hall–Kier alpha value is -3.15. The van der Waals surface area contributed by atoms with Crippen LogP contribution in [0.15, 0.2) is 24.4 Å². The lowest BCUT2D eigenvalue weighted by Crippen LogP contribution is -2.44. The third-order valence-electron chi connectivity index (χ3n) is 6.23. The van der Waals surface area contributed by atoms with Crippen LogP contribution in [0.25, 0.3) is 10.9 Å². The molecule has 5 heterocycles. The molecule has 0 spiro atoms. The number of aliphatic hydroxyl groups excluding tert-OH is 1. The van der Waals surface area contributed by atoms with Gasteiger partial charge in [-0.1, -0.05) is 0 Å². The molecule has 0 saturated carbocycles. The molecule has 0 aromatic carbocycles. The summed E-state index contributed by atoms with van der Waals surface area (Å²) in [6.07, 6.45) is 3.02. The maximum atomic E-state index is 10.1. The third kappa shape index (κ3) is 5.16. The standard InChI is InChI=1S/C23H31N9O2/c1-15(33)18-12-16-13-24-23(28-21(16)22(26-18)25-17-4-3-11-34-14-17)27-19-5-6-20(30-29-19)32-9-7-31(2)8-10-32/h5-6,12-13,15,17,33H,3-4,7-11,14H2,1-2H3,(H,25,26)(H,24,27,28,29)/t15-,17+/m1/s1. The van der Waals surface area contributed by atoms with Crippen LogP contribution in [0.2, 0.25) is 0 Å². The number of nitrogens with one attached hydrogen (secondary N) is 2. The Morgan fingerprint density at radius 1 is 1.15 bits per heavy atom. The minimum atomic E-state index is -0.695. The quantitative estimate of drug-likeness (QED) is 0.495. The number of piperazine rings is 1. The van der Waals surface area contributed by atoms with Crippen molar-refractivity contribution in [2.45, 2.75) is 31.9 Å². The number of aromatic nitrogens is 5. The number of aliphatic hydroxyl groups is 1. The van der Waals surface area contributed by atoms with Crippen LogP contribution < -0.4 is 15.5 Å². The van der Waals surface area contributed by atoms with E-state index in [9.17, 15) is 5.11 Å². The summed E-state index contributed by atoms with van der Waals surface area (Å²) in [6.45, 7) is 7.01. The molecule has 3 aromatic rings. The van der Waals surface area contributed by atoms with Crippen molar-refractivity contribution < 1.29 is 9.84 Å². The number of nitrogens with zero attached hydrogens (tertiary/aromatic N) is 7. The highest BCUT2D eigenvalue weighted by atomic mass is 16.5. The van der Waals surface area contributed by atoms with Gasteiger partial charge < -0.3 is 30.3 Å². The molecule has 3 N–H and O–H groups in total. The van der Waals surface area contributed by atoms with Crippen molar-refractivity contribution in [1.82, 2.24) is 30.0 Å². The van der Waals surface area contributed by atoms with E-state index in [1.807, 2.05) is 18.2 Å². The van der Waals surface area contributed by atoms with Crippen LogP contribution in [-0.2, 0) is 4.74 Å². The highest BCUT2D eigenvalue weighted by Crippen LogP contribution is 2.26. The summed E-state index contributed by atoms with van der Waals surface area (Å²) < 4.78 is 5.60. The first-order chi connectivity index (χ1) is 16.5. The van der Waals surface area contributed by atoms with E-state index in [4.69, 9.17) is 9.72 Å². The molecular weight excluding hydrogens is 434 g/mol. The van der Waals surface area contributed by atoms with Crippen LogP contribution in [-0.4, -0.2) is 87.6 Å². The molecule has 180 valence electrons. The minimum Gasteiger partial charge on any atom is -0.387 e. The normalized spacial score (nSPS) is 20.3. The lowest BCUT2D eigenvalue weighted by Gasteiger charge is -2.32. The lowest BCUT2D eigenvalue weighted by atomic mass is 10.1. The van der Waals surface area contributed by atoms with Crippen LogP contribution in [0.3, 0.4) is 0 Å². The fourth-order valence-electron chi connectivity index (χ4n) is 4.19. The molecule has 2 atom stereocenters. The molecule has 3 aromatic heterocycles. The summed E-state index contributed by atoms with van der Waals surface area (Å²) in [5, 5.41) is 26.2. The molecule has 2 fully saturated rings. The van der Waals surface area contributed by atoms with Gasteiger partial charge in [-0.05, 0) is 45.0 Å². The van der Waals surface area contributed by atoms with Crippen molar-refractivity contribution >= 4 is 34.3 Å². The van der Waals surface area contributed by atoms with E-state index in [-0.39, 0.29) is 6.04 Å². The Balaban J connectivity index is 1.37. The van der Waals surface area contributed by atoms with E-state index < -0.39 is 6.10 Å².